The zero-order valence-electron chi connectivity index (χ0n) is 15.7. The third kappa shape index (κ3) is 28.2. The second-order valence-corrected chi connectivity index (χ2v) is 4.49. The number of carbonyl (C=O) groups excluding carboxylic acids is 3. The molecular formula is C20H20O7Pb-3. The molecular weight excluding hydrogens is 559 g/mol. The fraction of sp³-hybridized carbons (Fsp3) is 0.150. The summed E-state index contributed by atoms with van der Waals surface area (Å²) in [7, 11) is 1.65. The fourth-order valence-electron chi connectivity index (χ4n) is 1.24. The molecule has 0 aliphatic heterocycles. The first-order valence-electron chi connectivity index (χ1n) is 7.48. The van der Waals surface area contributed by atoms with Crippen molar-refractivity contribution >= 4 is 51.3 Å². The summed E-state index contributed by atoms with van der Waals surface area (Å²) in [6, 6.07) is 9.19. The van der Waals surface area contributed by atoms with Gasteiger partial charge in [-0.1, -0.05) is 36.4 Å². The molecule has 1 aromatic rings. The van der Waals surface area contributed by atoms with E-state index >= 15 is 0 Å². The zero-order valence-corrected chi connectivity index (χ0v) is 19.6. The van der Waals surface area contributed by atoms with Gasteiger partial charge in [-0.2, -0.15) is 0 Å². The third-order valence-electron chi connectivity index (χ3n) is 2.13. The van der Waals surface area contributed by atoms with E-state index in [1.165, 1.54) is 6.08 Å². The van der Waals surface area contributed by atoms with Crippen molar-refractivity contribution in [2.45, 2.75) is 13.8 Å². The van der Waals surface area contributed by atoms with E-state index in [0.717, 1.165) is 31.2 Å². The molecule has 1 aliphatic rings. The van der Waals surface area contributed by atoms with Crippen molar-refractivity contribution in [3.63, 3.8) is 0 Å². The Bertz CT molecular complexity index is 681. The number of hydrogen-bond acceptors (Lipinski definition) is 7. The predicted octanol–water partition coefficient (Wildman–Crippen LogP) is -0.973. The van der Waals surface area contributed by atoms with E-state index in [2.05, 4.69) is 5.73 Å². The van der Waals surface area contributed by atoms with E-state index in [-0.39, 0.29) is 27.3 Å². The molecule has 1 aliphatic carbocycles. The van der Waals surface area contributed by atoms with Gasteiger partial charge < -0.3 is 34.4 Å². The molecule has 0 bridgehead atoms. The van der Waals surface area contributed by atoms with Crippen LogP contribution in [0.5, 0.6) is 0 Å². The minimum Gasteiger partial charge on any atom is -0.550 e. The standard InChI is InChI=1S/C9H8O2.C7H7O.2C2H4O2.Pb/c10-9(11)7-6-8-4-2-1-3-5-8;1-8-7-5-3-2-4-6-7;2*1-2(3)4;/h1-7H,(H,10,11);3-6H,1H3;2*1H3,(H,3,4);/p-3/b7-6+;;;;. The quantitative estimate of drug-likeness (QED) is 0.256. The van der Waals surface area contributed by atoms with Crippen molar-refractivity contribution < 1.29 is 34.4 Å². The van der Waals surface area contributed by atoms with Gasteiger partial charge in [0, 0.05) is 39.2 Å². The van der Waals surface area contributed by atoms with E-state index in [0.29, 0.717) is 0 Å². The molecule has 0 unspecified atom stereocenters. The molecule has 8 heteroatoms. The summed E-state index contributed by atoms with van der Waals surface area (Å²) in [6.45, 7) is 1.94. The largest absolute Gasteiger partial charge is 0.550 e. The molecule has 0 saturated heterocycles. The van der Waals surface area contributed by atoms with Gasteiger partial charge in [0.2, 0.25) is 0 Å². The molecule has 7 nitrogen and oxygen atoms in total. The molecule has 0 saturated carbocycles. The molecule has 0 fully saturated rings. The first-order chi connectivity index (χ1) is 12.7. The van der Waals surface area contributed by atoms with Crippen molar-refractivity contribution in [3.8, 4) is 0 Å². The number of benzene rings is 1. The maximum atomic E-state index is 9.97. The van der Waals surface area contributed by atoms with E-state index in [1.807, 2.05) is 55.0 Å². The Labute approximate surface area is 184 Å². The van der Waals surface area contributed by atoms with Crippen LogP contribution in [-0.2, 0) is 19.1 Å². The Morgan fingerprint density at radius 1 is 0.964 bits per heavy atom. The molecule has 28 heavy (non-hydrogen) atoms. The molecule has 2 rings (SSSR count). The normalized spacial score (nSPS) is 10.3. The van der Waals surface area contributed by atoms with Gasteiger partial charge in [0.05, 0.1) is 19.5 Å². The predicted molar refractivity (Wildman–Crippen MR) is 99.6 cm³/mol. The molecule has 5 radical (unpaired) electrons. The maximum Gasteiger partial charge on any atom is 0.105 e. The average molecular weight is 580 g/mol. The van der Waals surface area contributed by atoms with Crippen LogP contribution in [0.4, 0.5) is 0 Å². The fourth-order valence-corrected chi connectivity index (χ4v) is 1.24. The minimum atomic E-state index is -1.17. The van der Waals surface area contributed by atoms with Gasteiger partial charge in [0.25, 0.3) is 0 Å². The summed E-state index contributed by atoms with van der Waals surface area (Å²) >= 11 is 0. The summed E-state index contributed by atoms with van der Waals surface area (Å²) in [5.41, 5.74) is 3.75. The van der Waals surface area contributed by atoms with Crippen molar-refractivity contribution in [2.75, 3.05) is 7.11 Å². The van der Waals surface area contributed by atoms with Crippen LogP contribution in [0.3, 0.4) is 0 Å². The average Bonchev–Trinajstić information content (AvgIpc) is 2.61. The van der Waals surface area contributed by atoms with Gasteiger partial charge in [-0.05, 0) is 43.7 Å². The first-order valence-corrected chi connectivity index (χ1v) is 7.48. The van der Waals surface area contributed by atoms with Crippen LogP contribution >= 0.6 is 0 Å². The van der Waals surface area contributed by atoms with Crippen LogP contribution in [0.2, 0.25) is 0 Å². The number of aliphatic carboxylic acids is 3. The van der Waals surface area contributed by atoms with Crippen LogP contribution in [0.15, 0.2) is 66.1 Å². The van der Waals surface area contributed by atoms with Crippen LogP contribution in [0.1, 0.15) is 19.4 Å². The number of ether oxygens (including phenoxy) is 1. The molecule has 0 aromatic heterocycles. The summed E-state index contributed by atoms with van der Waals surface area (Å²) < 4.78 is 4.89. The number of carboxylic acids is 3. The number of carbonyl (C=O) groups is 3. The molecule has 149 valence electrons. The second-order valence-electron chi connectivity index (χ2n) is 4.49. The van der Waals surface area contributed by atoms with E-state index in [9.17, 15) is 9.90 Å². The Morgan fingerprint density at radius 2 is 1.46 bits per heavy atom. The summed E-state index contributed by atoms with van der Waals surface area (Å²) in [5.74, 6) is -2.46. The SMILES string of the molecule is CC(=O)[O-].CC(=O)[O-].COC1=CC=C=C[CH]1.O=C([O-])/C=C/c1ccccc1.[Pb]. The van der Waals surface area contributed by atoms with Crippen molar-refractivity contribution in [1.82, 2.24) is 0 Å². The smallest absolute Gasteiger partial charge is 0.105 e. The zero-order chi connectivity index (χ0) is 21.1. The van der Waals surface area contributed by atoms with Gasteiger partial charge in [-0.25, -0.2) is 0 Å². The number of hydrogen-bond donors (Lipinski definition) is 0. The molecule has 1 aromatic carbocycles. The van der Waals surface area contributed by atoms with Crippen LogP contribution in [-0.4, -0.2) is 52.3 Å². The third-order valence-corrected chi connectivity index (χ3v) is 2.13. The minimum absolute atomic E-state index is 0. The van der Waals surface area contributed by atoms with E-state index in [4.69, 9.17) is 24.5 Å². The first kappa shape index (κ1) is 30.1. The molecule has 0 N–H and O–H groups in total. The summed E-state index contributed by atoms with van der Waals surface area (Å²) in [6.07, 6.45) is 9.86. The Hall–Kier alpha value is -2.65. The van der Waals surface area contributed by atoms with E-state index in [1.54, 1.807) is 7.11 Å². The second kappa shape index (κ2) is 20.7. The Morgan fingerprint density at radius 3 is 1.79 bits per heavy atom. The van der Waals surface area contributed by atoms with Crippen LogP contribution < -0.4 is 15.3 Å². The molecule has 0 amide bonds. The van der Waals surface area contributed by atoms with Crippen LogP contribution in [0.25, 0.3) is 6.08 Å². The van der Waals surface area contributed by atoms with Gasteiger partial charge in [0.15, 0.2) is 0 Å². The number of carboxylic acid groups (broad SMARTS) is 3. The molecule has 0 spiro atoms. The van der Waals surface area contributed by atoms with Crippen molar-refractivity contribution in [3.05, 3.63) is 78.1 Å². The van der Waals surface area contributed by atoms with Crippen LogP contribution in [0, 0.1) is 6.42 Å². The number of methoxy groups -OCH3 is 1. The monoisotopic (exact) mass is 580 g/mol. The van der Waals surface area contributed by atoms with Gasteiger partial charge >= 0.3 is 0 Å². The summed E-state index contributed by atoms with van der Waals surface area (Å²) in [4.78, 5) is 27.8. The maximum absolute atomic E-state index is 9.97. The number of allylic oxidation sites excluding steroid dienone is 2. The van der Waals surface area contributed by atoms with Crippen molar-refractivity contribution in [2.24, 2.45) is 0 Å². The van der Waals surface area contributed by atoms with E-state index < -0.39 is 17.9 Å². The molecule has 0 atom stereocenters. The molecule has 0 heterocycles. The number of rotatable bonds is 3. The summed E-state index contributed by atoms with van der Waals surface area (Å²) in [5, 5.41) is 27.8. The van der Waals surface area contributed by atoms with Gasteiger partial charge in [-0.15, -0.1) is 5.73 Å². The topological polar surface area (TPSA) is 130 Å². The Kier molecular flexibility index (Phi) is 22.2. The van der Waals surface area contributed by atoms with Gasteiger partial charge in [-0.3, -0.25) is 0 Å². The van der Waals surface area contributed by atoms with Crippen molar-refractivity contribution in [1.29, 1.82) is 0 Å². The van der Waals surface area contributed by atoms with Gasteiger partial charge in [0.1, 0.15) is 5.76 Å². The Balaban J connectivity index is -0.000000324.